The minimum atomic E-state index is -0.433. The highest BCUT2D eigenvalue weighted by atomic mass is 16.5. The molecule has 6 nitrogen and oxygen atoms in total. The Bertz CT molecular complexity index is 798. The van der Waals surface area contributed by atoms with Crippen LogP contribution in [0.3, 0.4) is 0 Å². The lowest BCUT2D eigenvalue weighted by Gasteiger charge is -2.16. The maximum atomic E-state index is 12.3. The number of ether oxygens (including phenoxy) is 1. The van der Waals surface area contributed by atoms with Gasteiger partial charge >= 0.3 is 5.97 Å². The second kappa shape index (κ2) is 9.52. The van der Waals surface area contributed by atoms with Crippen LogP contribution in [0.2, 0.25) is 0 Å². The van der Waals surface area contributed by atoms with E-state index in [2.05, 4.69) is 17.0 Å². The molecule has 2 aromatic rings. The van der Waals surface area contributed by atoms with Crippen molar-refractivity contribution in [3.63, 3.8) is 0 Å². The van der Waals surface area contributed by atoms with Crippen molar-refractivity contribution >= 4 is 23.5 Å². The third-order valence-corrected chi connectivity index (χ3v) is 4.15. The monoisotopic (exact) mass is 368 g/mol. The molecule has 0 aromatic heterocycles. The van der Waals surface area contributed by atoms with Gasteiger partial charge in [-0.05, 0) is 55.0 Å². The van der Waals surface area contributed by atoms with Gasteiger partial charge in [0, 0.05) is 30.4 Å². The van der Waals surface area contributed by atoms with E-state index in [1.807, 2.05) is 0 Å². The van der Waals surface area contributed by atoms with E-state index in [-0.39, 0.29) is 11.8 Å². The van der Waals surface area contributed by atoms with Gasteiger partial charge in [0.2, 0.25) is 0 Å². The van der Waals surface area contributed by atoms with E-state index in [9.17, 15) is 14.4 Å². The highest BCUT2D eigenvalue weighted by Crippen LogP contribution is 2.13. The standard InChI is InChI=1S/C21H24N2O4/c1-4-5-14-23(2)20(25)16-8-6-15(7-9-16)19(24)22-18-12-10-17(11-13-18)21(26)27-3/h6-13H,4-5,14H2,1-3H3,(H,22,24). The summed E-state index contributed by atoms with van der Waals surface area (Å²) in [4.78, 5) is 37.8. The molecule has 142 valence electrons. The summed E-state index contributed by atoms with van der Waals surface area (Å²) in [5.74, 6) is -0.787. The van der Waals surface area contributed by atoms with Crippen LogP contribution >= 0.6 is 0 Å². The van der Waals surface area contributed by atoms with E-state index >= 15 is 0 Å². The second-order valence-electron chi connectivity index (χ2n) is 6.18. The molecular weight excluding hydrogens is 344 g/mol. The molecular formula is C21H24N2O4. The van der Waals surface area contributed by atoms with Crippen LogP contribution in [0, 0.1) is 0 Å². The molecule has 0 radical (unpaired) electrons. The first-order valence-corrected chi connectivity index (χ1v) is 8.81. The van der Waals surface area contributed by atoms with Gasteiger partial charge in [-0.3, -0.25) is 9.59 Å². The van der Waals surface area contributed by atoms with E-state index in [1.54, 1.807) is 60.5 Å². The smallest absolute Gasteiger partial charge is 0.337 e. The number of nitrogens with one attached hydrogen (secondary N) is 1. The third kappa shape index (κ3) is 5.41. The summed E-state index contributed by atoms with van der Waals surface area (Å²) in [6, 6.07) is 13.0. The van der Waals surface area contributed by atoms with Crippen LogP contribution in [-0.2, 0) is 4.74 Å². The van der Waals surface area contributed by atoms with E-state index in [4.69, 9.17) is 0 Å². The normalized spacial score (nSPS) is 10.2. The number of amides is 2. The zero-order chi connectivity index (χ0) is 19.8. The Labute approximate surface area is 159 Å². The molecule has 2 amide bonds. The predicted molar refractivity (Wildman–Crippen MR) is 104 cm³/mol. The Hall–Kier alpha value is -3.15. The number of carbonyl (C=O) groups excluding carboxylic acids is 3. The molecule has 0 aliphatic carbocycles. The molecule has 0 spiro atoms. The summed E-state index contributed by atoms with van der Waals surface area (Å²) in [5, 5.41) is 2.76. The molecule has 1 N–H and O–H groups in total. The zero-order valence-corrected chi connectivity index (χ0v) is 15.8. The minimum Gasteiger partial charge on any atom is -0.465 e. The van der Waals surface area contributed by atoms with Gasteiger partial charge in [-0.1, -0.05) is 13.3 Å². The lowest BCUT2D eigenvalue weighted by molar-refractivity contribution is 0.0600. The van der Waals surface area contributed by atoms with Crippen molar-refractivity contribution in [3.8, 4) is 0 Å². The number of unbranched alkanes of at least 4 members (excludes halogenated alkanes) is 1. The molecule has 2 aromatic carbocycles. The highest BCUT2D eigenvalue weighted by molar-refractivity contribution is 6.05. The van der Waals surface area contributed by atoms with Gasteiger partial charge in [-0.2, -0.15) is 0 Å². The fourth-order valence-corrected chi connectivity index (χ4v) is 2.49. The van der Waals surface area contributed by atoms with Gasteiger partial charge in [-0.15, -0.1) is 0 Å². The van der Waals surface area contributed by atoms with Crippen LogP contribution in [0.25, 0.3) is 0 Å². The maximum Gasteiger partial charge on any atom is 0.337 e. The second-order valence-corrected chi connectivity index (χ2v) is 6.18. The van der Waals surface area contributed by atoms with Crippen LogP contribution < -0.4 is 5.32 Å². The van der Waals surface area contributed by atoms with Crippen LogP contribution in [0.15, 0.2) is 48.5 Å². The van der Waals surface area contributed by atoms with Crippen molar-refractivity contribution in [3.05, 3.63) is 65.2 Å². The van der Waals surface area contributed by atoms with Gasteiger partial charge < -0.3 is 15.0 Å². The number of anilines is 1. The Balaban J connectivity index is 2.01. The van der Waals surface area contributed by atoms with Crippen LogP contribution in [0.1, 0.15) is 50.8 Å². The SMILES string of the molecule is CCCCN(C)C(=O)c1ccc(C(=O)Nc2ccc(C(=O)OC)cc2)cc1. The average molecular weight is 368 g/mol. The van der Waals surface area contributed by atoms with E-state index in [0.29, 0.717) is 28.9 Å². The van der Waals surface area contributed by atoms with Gasteiger partial charge in [0.1, 0.15) is 0 Å². The average Bonchev–Trinajstić information content (AvgIpc) is 2.71. The number of methoxy groups -OCH3 is 1. The summed E-state index contributed by atoms with van der Waals surface area (Å²) in [6.45, 7) is 2.79. The van der Waals surface area contributed by atoms with Crippen LogP contribution in [0.5, 0.6) is 0 Å². The molecule has 0 saturated carbocycles. The van der Waals surface area contributed by atoms with E-state index < -0.39 is 5.97 Å². The van der Waals surface area contributed by atoms with E-state index in [0.717, 1.165) is 12.8 Å². The summed E-state index contributed by atoms with van der Waals surface area (Å²) in [5.41, 5.74) is 1.96. The zero-order valence-electron chi connectivity index (χ0n) is 15.8. The van der Waals surface area contributed by atoms with Crippen molar-refractivity contribution in [2.45, 2.75) is 19.8 Å². The van der Waals surface area contributed by atoms with Crippen molar-refractivity contribution < 1.29 is 19.1 Å². The number of rotatable bonds is 7. The molecule has 0 aliphatic heterocycles. The van der Waals surface area contributed by atoms with Crippen molar-refractivity contribution in [2.75, 3.05) is 26.0 Å². The number of benzene rings is 2. The number of nitrogens with zero attached hydrogens (tertiary/aromatic N) is 1. The van der Waals surface area contributed by atoms with Crippen molar-refractivity contribution in [2.24, 2.45) is 0 Å². The van der Waals surface area contributed by atoms with Gasteiger partial charge in [-0.25, -0.2) is 4.79 Å². The quantitative estimate of drug-likeness (QED) is 0.758. The maximum absolute atomic E-state index is 12.3. The molecule has 0 heterocycles. The molecule has 27 heavy (non-hydrogen) atoms. The van der Waals surface area contributed by atoms with Crippen LogP contribution in [-0.4, -0.2) is 43.4 Å². The fraction of sp³-hybridized carbons (Fsp3) is 0.286. The Morgan fingerprint density at radius 3 is 2.04 bits per heavy atom. The lowest BCUT2D eigenvalue weighted by Crippen LogP contribution is -2.27. The first kappa shape index (κ1) is 20.2. The molecule has 0 aliphatic rings. The molecule has 6 heteroatoms. The molecule has 0 fully saturated rings. The highest BCUT2D eigenvalue weighted by Gasteiger charge is 2.13. The van der Waals surface area contributed by atoms with Crippen molar-refractivity contribution in [1.29, 1.82) is 0 Å². The van der Waals surface area contributed by atoms with Crippen LogP contribution in [0.4, 0.5) is 5.69 Å². The molecule has 2 rings (SSSR count). The molecule has 0 bridgehead atoms. The Morgan fingerprint density at radius 2 is 1.48 bits per heavy atom. The molecule has 0 unspecified atom stereocenters. The predicted octanol–water partition coefficient (Wildman–Crippen LogP) is 3.60. The summed E-state index contributed by atoms with van der Waals surface area (Å²) < 4.78 is 4.64. The largest absolute Gasteiger partial charge is 0.465 e. The lowest BCUT2D eigenvalue weighted by atomic mass is 10.1. The summed E-state index contributed by atoms with van der Waals surface area (Å²) >= 11 is 0. The third-order valence-electron chi connectivity index (χ3n) is 4.15. The number of carbonyl (C=O) groups is 3. The van der Waals surface area contributed by atoms with Gasteiger partial charge in [0.15, 0.2) is 0 Å². The Morgan fingerprint density at radius 1 is 0.926 bits per heavy atom. The first-order chi connectivity index (χ1) is 13.0. The topological polar surface area (TPSA) is 75.7 Å². The summed E-state index contributed by atoms with van der Waals surface area (Å²) in [7, 11) is 3.09. The fourth-order valence-electron chi connectivity index (χ4n) is 2.49. The van der Waals surface area contributed by atoms with E-state index in [1.165, 1.54) is 7.11 Å². The molecule has 0 saturated heterocycles. The number of hydrogen-bond acceptors (Lipinski definition) is 4. The van der Waals surface area contributed by atoms with Crippen molar-refractivity contribution in [1.82, 2.24) is 4.90 Å². The summed E-state index contributed by atoms with van der Waals surface area (Å²) in [6.07, 6.45) is 1.98. The van der Waals surface area contributed by atoms with Gasteiger partial charge in [0.25, 0.3) is 11.8 Å². The number of hydrogen-bond donors (Lipinski definition) is 1. The van der Waals surface area contributed by atoms with Gasteiger partial charge in [0.05, 0.1) is 12.7 Å². The molecule has 0 atom stereocenters. The Kier molecular flexibility index (Phi) is 7.11. The first-order valence-electron chi connectivity index (χ1n) is 8.81. The number of esters is 1. The minimum absolute atomic E-state index is 0.0613.